The second-order valence-electron chi connectivity index (χ2n) is 4.78. The van der Waals surface area contributed by atoms with Gasteiger partial charge in [0.25, 0.3) is 0 Å². The summed E-state index contributed by atoms with van der Waals surface area (Å²) in [6.07, 6.45) is 1.11. The third kappa shape index (κ3) is 2.61. The minimum absolute atomic E-state index is 0.346. The molecular weight excluding hydrogens is 242 g/mol. The first-order chi connectivity index (χ1) is 8.81. The Kier molecular flexibility index (Phi) is 3.41. The van der Waals surface area contributed by atoms with Crippen molar-refractivity contribution in [1.82, 2.24) is 9.88 Å². The van der Waals surface area contributed by atoms with E-state index in [4.69, 9.17) is 10.7 Å². The Labute approximate surface area is 111 Å². The van der Waals surface area contributed by atoms with E-state index in [-0.39, 0.29) is 0 Å². The molecule has 1 unspecified atom stereocenters. The predicted octanol–water partition coefficient (Wildman–Crippen LogP) is 2.34. The Hall–Kier alpha value is -1.23. The lowest BCUT2D eigenvalue weighted by molar-refractivity contribution is 0.326. The third-order valence-electron chi connectivity index (χ3n) is 3.29. The number of hydrogen-bond acceptors (Lipinski definition) is 4. The van der Waals surface area contributed by atoms with Gasteiger partial charge in [-0.3, -0.25) is 4.90 Å². The maximum absolute atomic E-state index is 5.92. The van der Waals surface area contributed by atoms with Crippen LogP contribution in [0.25, 0.3) is 11.3 Å². The van der Waals surface area contributed by atoms with Gasteiger partial charge in [-0.05, 0) is 6.42 Å². The molecule has 1 aromatic carbocycles. The molecule has 94 valence electrons. The topological polar surface area (TPSA) is 42.1 Å². The molecular formula is C14H17N3S. The van der Waals surface area contributed by atoms with Gasteiger partial charge in [-0.2, -0.15) is 0 Å². The van der Waals surface area contributed by atoms with E-state index in [1.807, 2.05) is 18.2 Å². The lowest BCUT2D eigenvalue weighted by Crippen LogP contribution is -2.26. The van der Waals surface area contributed by atoms with Crippen LogP contribution < -0.4 is 5.73 Å². The van der Waals surface area contributed by atoms with Crippen LogP contribution in [0, 0.1) is 0 Å². The maximum Gasteiger partial charge on any atom is 0.107 e. The number of nitrogens with two attached hydrogens (primary N) is 1. The van der Waals surface area contributed by atoms with Crippen LogP contribution in [0.1, 0.15) is 11.4 Å². The van der Waals surface area contributed by atoms with Crippen molar-refractivity contribution < 1.29 is 0 Å². The molecule has 0 saturated carbocycles. The van der Waals surface area contributed by atoms with E-state index < -0.39 is 0 Å². The molecule has 0 aliphatic carbocycles. The summed E-state index contributed by atoms with van der Waals surface area (Å²) in [5, 5.41) is 3.32. The molecule has 3 nitrogen and oxygen atoms in total. The van der Waals surface area contributed by atoms with Gasteiger partial charge in [0.05, 0.1) is 12.2 Å². The molecule has 1 saturated heterocycles. The van der Waals surface area contributed by atoms with Crippen LogP contribution in [-0.2, 0) is 6.54 Å². The molecule has 1 atom stereocenters. The van der Waals surface area contributed by atoms with Gasteiger partial charge in [0.1, 0.15) is 5.01 Å². The summed E-state index contributed by atoms with van der Waals surface area (Å²) in [4.78, 5) is 7.09. The van der Waals surface area contributed by atoms with E-state index in [1.54, 1.807) is 11.3 Å². The van der Waals surface area contributed by atoms with Crippen LogP contribution >= 0.6 is 11.3 Å². The highest BCUT2D eigenvalue weighted by atomic mass is 32.1. The zero-order valence-corrected chi connectivity index (χ0v) is 11.1. The van der Waals surface area contributed by atoms with E-state index in [2.05, 4.69) is 22.4 Å². The Balaban J connectivity index is 1.70. The standard InChI is InChI=1S/C14H17N3S/c15-12-6-7-17(8-12)9-14-16-13(10-18-14)11-4-2-1-3-5-11/h1-5,10,12H,6-9,15H2. The monoisotopic (exact) mass is 259 g/mol. The molecule has 1 aliphatic rings. The highest BCUT2D eigenvalue weighted by Crippen LogP contribution is 2.23. The zero-order valence-electron chi connectivity index (χ0n) is 10.2. The fourth-order valence-electron chi connectivity index (χ4n) is 2.32. The number of hydrogen-bond donors (Lipinski definition) is 1. The van der Waals surface area contributed by atoms with Crippen LogP contribution in [0.2, 0.25) is 0 Å². The highest BCUT2D eigenvalue weighted by molar-refractivity contribution is 7.09. The fourth-order valence-corrected chi connectivity index (χ4v) is 3.17. The minimum Gasteiger partial charge on any atom is -0.326 e. The van der Waals surface area contributed by atoms with Crippen molar-refractivity contribution in [2.75, 3.05) is 13.1 Å². The fraction of sp³-hybridized carbons (Fsp3) is 0.357. The van der Waals surface area contributed by atoms with Crippen molar-refractivity contribution in [1.29, 1.82) is 0 Å². The lowest BCUT2D eigenvalue weighted by atomic mass is 10.2. The largest absolute Gasteiger partial charge is 0.326 e. The van der Waals surface area contributed by atoms with Crippen molar-refractivity contribution in [3.63, 3.8) is 0 Å². The second-order valence-corrected chi connectivity index (χ2v) is 5.72. The Bertz CT molecular complexity index is 509. The van der Waals surface area contributed by atoms with Gasteiger partial charge in [-0.15, -0.1) is 11.3 Å². The van der Waals surface area contributed by atoms with Gasteiger partial charge in [0.15, 0.2) is 0 Å². The van der Waals surface area contributed by atoms with Crippen LogP contribution in [0.4, 0.5) is 0 Å². The molecule has 2 N–H and O–H groups in total. The van der Waals surface area contributed by atoms with Crippen LogP contribution in [-0.4, -0.2) is 29.0 Å². The summed E-state index contributed by atoms with van der Waals surface area (Å²) in [7, 11) is 0. The van der Waals surface area contributed by atoms with Crippen molar-refractivity contribution in [2.24, 2.45) is 5.73 Å². The molecule has 4 heteroatoms. The molecule has 1 aliphatic heterocycles. The molecule has 1 fully saturated rings. The van der Waals surface area contributed by atoms with Gasteiger partial charge in [-0.25, -0.2) is 4.98 Å². The van der Waals surface area contributed by atoms with E-state index in [0.29, 0.717) is 6.04 Å². The third-order valence-corrected chi connectivity index (χ3v) is 4.12. The van der Waals surface area contributed by atoms with E-state index >= 15 is 0 Å². The van der Waals surface area contributed by atoms with E-state index in [9.17, 15) is 0 Å². The van der Waals surface area contributed by atoms with Gasteiger partial charge in [-0.1, -0.05) is 30.3 Å². The van der Waals surface area contributed by atoms with Crippen molar-refractivity contribution in [2.45, 2.75) is 19.0 Å². The van der Waals surface area contributed by atoms with Crippen molar-refractivity contribution in [3.8, 4) is 11.3 Å². The average molecular weight is 259 g/mol. The Morgan fingerprint density at radius 1 is 1.33 bits per heavy atom. The first kappa shape index (κ1) is 11.8. The normalized spacial score (nSPS) is 20.4. The maximum atomic E-state index is 5.92. The van der Waals surface area contributed by atoms with E-state index in [1.165, 1.54) is 10.6 Å². The molecule has 0 bridgehead atoms. The number of likely N-dealkylation sites (tertiary alicyclic amines) is 1. The van der Waals surface area contributed by atoms with E-state index in [0.717, 1.165) is 31.7 Å². The van der Waals surface area contributed by atoms with Crippen LogP contribution in [0.5, 0.6) is 0 Å². The Morgan fingerprint density at radius 3 is 2.89 bits per heavy atom. The quantitative estimate of drug-likeness (QED) is 0.920. The molecule has 0 radical (unpaired) electrons. The first-order valence-corrected chi connectivity index (χ1v) is 7.17. The summed E-state index contributed by atoms with van der Waals surface area (Å²) in [5.74, 6) is 0. The average Bonchev–Trinajstić information content (AvgIpc) is 3.01. The number of nitrogens with zero attached hydrogens (tertiary/aromatic N) is 2. The summed E-state index contributed by atoms with van der Waals surface area (Å²) in [6, 6.07) is 10.7. The van der Waals surface area contributed by atoms with Gasteiger partial charge >= 0.3 is 0 Å². The number of benzene rings is 1. The summed E-state index contributed by atoms with van der Waals surface area (Å²) >= 11 is 1.74. The predicted molar refractivity (Wildman–Crippen MR) is 75.4 cm³/mol. The molecule has 1 aromatic heterocycles. The van der Waals surface area contributed by atoms with Gasteiger partial charge < -0.3 is 5.73 Å². The number of aromatic nitrogens is 1. The molecule has 2 heterocycles. The van der Waals surface area contributed by atoms with Gasteiger partial charge in [0, 0.05) is 30.1 Å². The molecule has 18 heavy (non-hydrogen) atoms. The molecule has 0 amide bonds. The second kappa shape index (κ2) is 5.18. The first-order valence-electron chi connectivity index (χ1n) is 6.29. The number of rotatable bonds is 3. The molecule has 3 rings (SSSR count). The summed E-state index contributed by atoms with van der Waals surface area (Å²) in [5.41, 5.74) is 8.19. The molecule has 2 aromatic rings. The SMILES string of the molecule is NC1CCN(Cc2nc(-c3ccccc3)cs2)C1. The molecule has 0 spiro atoms. The smallest absolute Gasteiger partial charge is 0.107 e. The summed E-state index contributed by atoms with van der Waals surface area (Å²) < 4.78 is 0. The van der Waals surface area contributed by atoms with Crippen LogP contribution in [0.15, 0.2) is 35.7 Å². The highest BCUT2D eigenvalue weighted by Gasteiger charge is 2.19. The Morgan fingerprint density at radius 2 is 2.17 bits per heavy atom. The summed E-state index contributed by atoms with van der Waals surface area (Å²) in [6.45, 7) is 3.03. The van der Waals surface area contributed by atoms with Crippen molar-refractivity contribution in [3.05, 3.63) is 40.7 Å². The zero-order chi connectivity index (χ0) is 12.4. The minimum atomic E-state index is 0.346. The van der Waals surface area contributed by atoms with Crippen LogP contribution in [0.3, 0.4) is 0 Å². The number of thiazole rings is 1. The van der Waals surface area contributed by atoms with Gasteiger partial charge in [0.2, 0.25) is 0 Å². The van der Waals surface area contributed by atoms with Crippen molar-refractivity contribution >= 4 is 11.3 Å². The lowest BCUT2D eigenvalue weighted by Gasteiger charge is -2.12.